The van der Waals surface area contributed by atoms with Crippen LogP contribution in [-0.2, 0) is 14.3 Å². The van der Waals surface area contributed by atoms with E-state index in [2.05, 4.69) is 11.8 Å². The molecule has 3 aliphatic rings. The summed E-state index contributed by atoms with van der Waals surface area (Å²) in [7, 11) is 0. The van der Waals surface area contributed by atoms with Crippen molar-refractivity contribution < 1.29 is 27.5 Å². The van der Waals surface area contributed by atoms with E-state index >= 15 is 0 Å². The summed E-state index contributed by atoms with van der Waals surface area (Å²) in [4.78, 5) is 29.5. The second-order valence-corrected chi connectivity index (χ2v) is 8.94. The van der Waals surface area contributed by atoms with Gasteiger partial charge < -0.3 is 9.64 Å². The number of nitrogens with zero attached hydrogens (tertiary/aromatic N) is 2. The molecule has 3 unspecified atom stereocenters. The molecular weight excluding hydrogens is 397 g/mol. The lowest BCUT2D eigenvalue weighted by atomic mass is 9.70. The second kappa shape index (κ2) is 9.71. The first-order valence-corrected chi connectivity index (χ1v) is 11.2. The molecule has 0 bridgehead atoms. The van der Waals surface area contributed by atoms with Crippen molar-refractivity contribution >= 4 is 11.9 Å². The predicted molar refractivity (Wildman–Crippen MR) is 107 cm³/mol. The number of cyclic esters (lactones) is 1. The molecule has 2 heterocycles. The summed E-state index contributed by atoms with van der Waals surface area (Å²) in [6.45, 7) is 7.06. The minimum atomic E-state index is -4.17. The van der Waals surface area contributed by atoms with Gasteiger partial charge in [-0.1, -0.05) is 6.92 Å². The Kier molecular flexibility index (Phi) is 7.47. The molecule has 0 radical (unpaired) electrons. The van der Waals surface area contributed by atoms with Crippen LogP contribution in [0.5, 0.6) is 0 Å². The zero-order valence-electron chi connectivity index (χ0n) is 18.0. The number of carbonyl (C=O) groups excluding carboxylic acids is 2. The Morgan fingerprint density at radius 2 is 1.90 bits per heavy atom. The van der Waals surface area contributed by atoms with Crippen LogP contribution in [0, 0.1) is 17.8 Å². The van der Waals surface area contributed by atoms with Gasteiger partial charge in [0.15, 0.2) is 0 Å². The predicted octanol–water partition coefficient (Wildman–Crippen LogP) is 3.79. The summed E-state index contributed by atoms with van der Waals surface area (Å²) in [5.74, 6) is -1.81. The molecule has 170 valence electrons. The van der Waals surface area contributed by atoms with Crippen LogP contribution in [0.25, 0.3) is 0 Å². The lowest BCUT2D eigenvalue weighted by Crippen LogP contribution is -2.48. The van der Waals surface area contributed by atoms with Gasteiger partial charge >= 0.3 is 12.1 Å². The molecule has 8 heteroatoms. The van der Waals surface area contributed by atoms with Gasteiger partial charge in [0.05, 0.1) is 5.92 Å². The molecule has 0 N–H and O–H groups in total. The number of likely N-dealkylation sites (tertiary alicyclic amines) is 1. The van der Waals surface area contributed by atoms with E-state index in [0.717, 1.165) is 19.4 Å². The van der Waals surface area contributed by atoms with Crippen LogP contribution in [0.4, 0.5) is 13.2 Å². The summed E-state index contributed by atoms with van der Waals surface area (Å²) in [5, 5.41) is 0. The Bertz CT molecular complexity index is 677. The third-order valence-corrected chi connectivity index (χ3v) is 6.99. The summed E-state index contributed by atoms with van der Waals surface area (Å²) in [6.07, 6.45) is -1.13. The fourth-order valence-electron chi connectivity index (χ4n) is 5.17. The Hall–Kier alpha value is -1.57. The van der Waals surface area contributed by atoms with E-state index in [1.807, 2.05) is 0 Å². The molecule has 3 rings (SSSR count). The quantitative estimate of drug-likeness (QED) is 0.640. The molecule has 0 aromatic rings. The highest BCUT2D eigenvalue weighted by Gasteiger charge is 2.46. The number of fused-ring (bicyclic) bond motifs is 1. The molecule has 1 saturated carbocycles. The van der Waals surface area contributed by atoms with Crippen LogP contribution in [0.15, 0.2) is 11.1 Å². The van der Waals surface area contributed by atoms with Crippen molar-refractivity contribution in [2.24, 2.45) is 17.8 Å². The maximum Gasteiger partial charge on any atom is 0.391 e. The number of hydrogen-bond acceptors (Lipinski definition) is 4. The van der Waals surface area contributed by atoms with Crippen LogP contribution in [0.1, 0.15) is 52.4 Å². The molecule has 0 aromatic carbocycles. The number of amides is 1. The smallest absolute Gasteiger partial charge is 0.391 e. The van der Waals surface area contributed by atoms with Gasteiger partial charge in [0.2, 0.25) is 5.91 Å². The van der Waals surface area contributed by atoms with Crippen LogP contribution in [0.3, 0.4) is 0 Å². The van der Waals surface area contributed by atoms with Crippen LogP contribution >= 0.6 is 0 Å². The molecule has 1 saturated heterocycles. The molecule has 2 fully saturated rings. The van der Waals surface area contributed by atoms with Crippen LogP contribution < -0.4 is 0 Å². The van der Waals surface area contributed by atoms with Crippen molar-refractivity contribution in [1.82, 2.24) is 9.80 Å². The van der Waals surface area contributed by atoms with E-state index < -0.39 is 18.1 Å². The number of rotatable bonds is 3. The van der Waals surface area contributed by atoms with Crippen LogP contribution in [0.2, 0.25) is 0 Å². The van der Waals surface area contributed by atoms with Gasteiger partial charge in [0, 0.05) is 37.3 Å². The zero-order valence-corrected chi connectivity index (χ0v) is 18.0. The van der Waals surface area contributed by atoms with Crippen molar-refractivity contribution in [2.45, 2.75) is 58.5 Å². The van der Waals surface area contributed by atoms with Gasteiger partial charge in [-0.05, 0) is 63.8 Å². The van der Waals surface area contributed by atoms with Crippen molar-refractivity contribution in [3.63, 3.8) is 0 Å². The van der Waals surface area contributed by atoms with Crippen molar-refractivity contribution in [1.29, 1.82) is 0 Å². The molecule has 0 aromatic heterocycles. The SMILES string of the molecule is CCCN1CCOC(=O)/C(C)=C(/C(=O)N2CCC3CCC(C(F)(F)F)CC3C2)CC1. The molecular formula is C22H33F3N2O3. The van der Waals surface area contributed by atoms with Gasteiger partial charge in [-0.15, -0.1) is 0 Å². The van der Waals surface area contributed by atoms with Crippen molar-refractivity contribution in [3.05, 3.63) is 11.1 Å². The first kappa shape index (κ1) is 23.1. The Morgan fingerprint density at radius 1 is 1.13 bits per heavy atom. The summed E-state index contributed by atoms with van der Waals surface area (Å²) in [5.41, 5.74) is 0.780. The zero-order chi connectivity index (χ0) is 21.9. The summed E-state index contributed by atoms with van der Waals surface area (Å²) >= 11 is 0. The average molecular weight is 431 g/mol. The molecule has 5 nitrogen and oxygen atoms in total. The second-order valence-electron chi connectivity index (χ2n) is 8.94. The van der Waals surface area contributed by atoms with Crippen molar-refractivity contribution in [2.75, 3.05) is 39.3 Å². The normalized spacial score (nSPS) is 32.0. The van der Waals surface area contributed by atoms with Gasteiger partial charge in [-0.3, -0.25) is 9.69 Å². The number of hydrogen-bond donors (Lipinski definition) is 0. The van der Waals surface area contributed by atoms with Gasteiger partial charge in [-0.25, -0.2) is 4.79 Å². The number of ether oxygens (including phenoxy) is 1. The third kappa shape index (κ3) is 5.37. The molecule has 0 spiro atoms. The highest BCUT2D eigenvalue weighted by molar-refractivity contribution is 6.02. The number of carbonyl (C=O) groups is 2. The minimum Gasteiger partial charge on any atom is -0.461 e. The maximum absolute atomic E-state index is 13.3. The molecule has 2 aliphatic heterocycles. The van der Waals surface area contributed by atoms with Crippen LogP contribution in [-0.4, -0.2) is 67.2 Å². The Balaban J connectivity index is 1.72. The number of halogens is 3. The largest absolute Gasteiger partial charge is 0.461 e. The first-order valence-electron chi connectivity index (χ1n) is 11.2. The molecule has 3 atom stereocenters. The highest BCUT2D eigenvalue weighted by atomic mass is 19.4. The molecule has 30 heavy (non-hydrogen) atoms. The fourth-order valence-corrected chi connectivity index (χ4v) is 5.17. The maximum atomic E-state index is 13.3. The Morgan fingerprint density at radius 3 is 2.60 bits per heavy atom. The Labute approximate surface area is 176 Å². The van der Waals surface area contributed by atoms with Gasteiger partial charge in [0.1, 0.15) is 6.61 Å². The summed E-state index contributed by atoms with van der Waals surface area (Å²) in [6, 6.07) is 0. The standard InChI is InChI=1S/C22H33F3N2O3/c1-3-8-26-9-7-19(15(2)21(29)30-12-11-26)20(28)27-10-6-16-4-5-18(22(23,24)25)13-17(16)14-27/h16-18H,3-14H2,1-2H3/b19-15+. The lowest BCUT2D eigenvalue weighted by molar-refractivity contribution is -0.191. The lowest BCUT2D eigenvalue weighted by Gasteiger charge is -2.44. The topological polar surface area (TPSA) is 49.9 Å². The van der Waals surface area contributed by atoms with Crippen molar-refractivity contribution in [3.8, 4) is 0 Å². The number of alkyl halides is 3. The fraction of sp³-hybridized carbons (Fsp3) is 0.818. The van der Waals surface area contributed by atoms with E-state index in [0.29, 0.717) is 56.8 Å². The van der Waals surface area contributed by atoms with Gasteiger partial charge in [0.25, 0.3) is 0 Å². The van der Waals surface area contributed by atoms with E-state index in [1.54, 1.807) is 11.8 Å². The van der Waals surface area contributed by atoms with E-state index in [4.69, 9.17) is 4.74 Å². The van der Waals surface area contributed by atoms with E-state index in [-0.39, 0.29) is 30.6 Å². The van der Waals surface area contributed by atoms with E-state index in [1.165, 1.54) is 0 Å². The minimum absolute atomic E-state index is 0.0995. The highest BCUT2D eigenvalue weighted by Crippen LogP contribution is 2.45. The van der Waals surface area contributed by atoms with E-state index in [9.17, 15) is 22.8 Å². The molecule has 1 amide bonds. The average Bonchev–Trinajstić information content (AvgIpc) is 2.77. The monoisotopic (exact) mass is 430 g/mol. The number of piperidine rings is 1. The third-order valence-electron chi connectivity index (χ3n) is 6.99. The summed E-state index contributed by atoms with van der Waals surface area (Å²) < 4.78 is 45.0. The number of esters is 1. The molecule has 1 aliphatic carbocycles. The van der Waals surface area contributed by atoms with Gasteiger partial charge in [-0.2, -0.15) is 13.2 Å². The first-order chi connectivity index (χ1) is 14.2.